The molecule has 0 fully saturated rings. The lowest BCUT2D eigenvalue weighted by Crippen LogP contribution is -2.48. The summed E-state index contributed by atoms with van der Waals surface area (Å²) >= 11 is 3.06. The molecule has 8 heteroatoms. The summed E-state index contributed by atoms with van der Waals surface area (Å²) in [5.74, 6) is -2.36. The minimum absolute atomic E-state index is 0.0615. The van der Waals surface area contributed by atoms with E-state index >= 15 is 0 Å². The second-order valence-electron chi connectivity index (χ2n) is 4.56. The van der Waals surface area contributed by atoms with Gasteiger partial charge in [-0.15, -0.1) is 0 Å². The predicted molar refractivity (Wildman–Crippen MR) is 77.8 cm³/mol. The summed E-state index contributed by atoms with van der Waals surface area (Å²) in [5, 5.41) is 13.8. The Morgan fingerprint density at radius 3 is 2.52 bits per heavy atom. The van der Waals surface area contributed by atoms with E-state index in [9.17, 15) is 14.4 Å². The summed E-state index contributed by atoms with van der Waals surface area (Å²) in [4.78, 5) is 34.4. The smallest absolute Gasteiger partial charge is 0.326 e. The van der Waals surface area contributed by atoms with E-state index in [0.717, 1.165) is 0 Å². The highest BCUT2D eigenvalue weighted by Crippen LogP contribution is 2.13. The third-order valence-corrected chi connectivity index (χ3v) is 3.43. The molecule has 3 N–H and O–H groups in total. The van der Waals surface area contributed by atoms with Crippen LogP contribution in [0.25, 0.3) is 0 Å². The van der Waals surface area contributed by atoms with E-state index in [1.165, 1.54) is 6.07 Å². The number of carbonyl (C=O) groups is 3. The molecule has 0 bridgehead atoms. The molecule has 1 unspecified atom stereocenters. The van der Waals surface area contributed by atoms with Gasteiger partial charge in [0, 0.05) is 0 Å². The molecule has 2 atom stereocenters. The molecule has 1 aromatic heterocycles. The van der Waals surface area contributed by atoms with Crippen LogP contribution in [0.15, 0.2) is 21.2 Å². The van der Waals surface area contributed by atoms with Gasteiger partial charge in [-0.25, -0.2) is 4.79 Å². The van der Waals surface area contributed by atoms with Crippen molar-refractivity contribution in [2.24, 2.45) is 5.92 Å². The van der Waals surface area contributed by atoms with Crippen molar-refractivity contribution < 1.29 is 23.9 Å². The molecule has 0 saturated heterocycles. The van der Waals surface area contributed by atoms with Crippen LogP contribution in [0.3, 0.4) is 0 Å². The Kier molecular flexibility index (Phi) is 6.41. The third kappa shape index (κ3) is 5.22. The monoisotopic (exact) mass is 360 g/mol. The van der Waals surface area contributed by atoms with Gasteiger partial charge in [0.15, 0.2) is 10.4 Å². The van der Waals surface area contributed by atoms with E-state index in [1.54, 1.807) is 13.0 Å². The second-order valence-corrected chi connectivity index (χ2v) is 5.34. The van der Waals surface area contributed by atoms with Gasteiger partial charge in [-0.1, -0.05) is 20.3 Å². The number of hydrogen-bond acceptors (Lipinski definition) is 4. The first-order valence-electron chi connectivity index (χ1n) is 6.40. The normalized spacial score (nSPS) is 13.3. The molecule has 116 valence electrons. The van der Waals surface area contributed by atoms with Gasteiger partial charge >= 0.3 is 5.97 Å². The van der Waals surface area contributed by atoms with Gasteiger partial charge in [-0.2, -0.15) is 0 Å². The zero-order valence-electron chi connectivity index (χ0n) is 11.7. The van der Waals surface area contributed by atoms with Crippen LogP contribution in [0.2, 0.25) is 0 Å². The second kappa shape index (κ2) is 7.82. The fraction of sp³-hybridized carbons (Fsp3) is 0.462. The van der Waals surface area contributed by atoms with Crippen molar-refractivity contribution in [3.05, 3.63) is 22.6 Å². The van der Waals surface area contributed by atoms with Crippen molar-refractivity contribution in [2.75, 3.05) is 6.54 Å². The maximum absolute atomic E-state index is 11.7. The minimum atomic E-state index is -1.10. The molecule has 1 aromatic rings. The molecule has 0 saturated carbocycles. The first-order valence-corrected chi connectivity index (χ1v) is 7.20. The van der Waals surface area contributed by atoms with Gasteiger partial charge in [0.05, 0.1) is 6.54 Å². The minimum Gasteiger partial charge on any atom is -0.480 e. The molecule has 1 rings (SSSR count). The molecule has 0 aliphatic carbocycles. The number of furan rings is 1. The van der Waals surface area contributed by atoms with Crippen molar-refractivity contribution in [1.82, 2.24) is 10.6 Å². The van der Waals surface area contributed by atoms with Crippen molar-refractivity contribution in [1.29, 1.82) is 0 Å². The highest BCUT2D eigenvalue weighted by molar-refractivity contribution is 9.10. The quantitative estimate of drug-likeness (QED) is 0.680. The molecule has 0 aliphatic heterocycles. The SMILES string of the molecule is CCC(C)[C@H](NC(=O)CNC(=O)c1ccc(Br)o1)C(=O)O. The Bertz CT molecular complexity index is 528. The van der Waals surface area contributed by atoms with Crippen molar-refractivity contribution in [3.8, 4) is 0 Å². The van der Waals surface area contributed by atoms with Crippen LogP contribution >= 0.6 is 15.9 Å². The van der Waals surface area contributed by atoms with Crippen molar-refractivity contribution >= 4 is 33.7 Å². The highest BCUT2D eigenvalue weighted by atomic mass is 79.9. The van der Waals surface area contributed by atoms with Crippen LogP contribution in [0.4, 0.5) is 0 Å². The number of amides is 2. The van der Waals surface area contributed by atoms with Crippen molar-refractivity contribution in [3.63, 3.8) is 0 Å². The Hall–Kier alpha value is -1.83. The number of carboxylic acids is 1. The topological polar surface area (TPSA) is 109 Å². The van der Waals surface area contributed by atoms with Gasteiger partial charge in [-0.05, 0) is 34.0 Å². The van der Waals surface area contributed by atoms with E-state index in [0.29, 0.717) is 11.1 Å². The number of halogens is 1. The molecule has 0 aromatic carbocycles. The number of aliphatic carboxylic acids is 1. The number of rotatable bonds is 7. The molecule has 2 amide bonds. The lowest BCUT2D eigenvalue weighted by Gasteiger charge is -2.20. The fourth-order valence-electron chi connectivity index (χ4n) is 1.59. The average molecular weight is 361 g/mol. The van der Waals surface area contributed by atoms with Crippen LogP contribution in [0.1, 0.15) is 30.8 Å². The van der Waals surface area contributed by atoms with E-state index in [2.05, 4.69) is 26.6 Å². The average Bonchev–Trinajstić information content (AvgIpc) is 2.87. The first-order chi connectivity index (χ1) is 9.85. The summed E-state index contributed by atoms with van der Waals surface area (Å²) in [6.45, 7) is 3.25. The molecular formula is C13H17BrN2O5. The Balaban J connectivity index is 2.49. The summed E-state index contributed by atoms with van der Waals surface area (Å²) in [6.07, 6.45) is 0.615. The molecule has 21 heavy (non-hydrogen) atoms. The van der Waals surface area contributed by atoms with E-state index < -0.39 is 23.8 Å². The zero-order valence-corrected chi connectivity index (χ0v) is 13.3. The Morgan fingerprint density at radius 2 is 2.05 bits per heavy atom. The molecule has 0 aliphatic rings. The van der Waals surface area contributed by atoms with Crippen molar-refractivity contribution in [2.45, 2.75) is 26.3 Å². The number of carboxylic acid groups (broad SMARTS) is 1. The van der Waals surface area contributed by atoms with Crippen LogP contribution in [0.5, 0.6) is 0 Å². The van der Waals surface area contributed by atoms with E-state index in [1.807, 2.05) is 6.92 Å². The summed E-state index contributed by atoms with van der Waals surface area (Å²) in [7, 11) is 0. The van der Waals surface area contributed by atoms with Crippen LogP contribution in [-0.2, 0) is 9.59 Å². The van der Waals surface area contributed by atoms with E-state index in [-0.39, 0.29) is 18.2 Å². The summed E-state index contributed by atoms with van der Waals surface area (Å²) in [5.41, 5.74) is 0. The Morgan fingerprint density at radius 1 is 1.38 bits per heavy atom. The first kappa shape index (κ1) is 17.2. The highest BCUT2D eigenvalue weighted by Gasteiger charge is 2.25. The predicted octanol–water partition coefficient (Wildman–Crippen LogP) is 1.39. The maximum Gasteiger partial charge on any atom is 0.326 e. The summed E-state index contributed by atoms with van der Waals surface area (Å²) in [6, 6.07) is 2.03. The standard InChI is InChI=1S/C13H17BrN2O5/c1-3-7(2)11(13(19)20)16-10(17)6-15-12(18)8-4-5-9(14)21-8/h4-5,7,11H,3,6H2,1-2H3,(H,15,18)(H,16,17)(H,19,20)/t7?,11-/m0/s1. The van der Waals surface area contributed by atoms with Crippen LogP contribution in [0, 0.1) is 5.92 Å². The molecule has 7 nitrogen and oxygen atoms in total. The largest absolute Gasteiger partial charge is 0.480 e. The van der Waals surface area contributed by atoms with Gasteiger partial charge in [-0.3, -0.25) is 9.59 Å². The van der Waals surface area contributed by atoms with Crippen LogP contribution < -0.4 is 10.6 Å². The third-order valence-electron chi connectivity index (χ3n) is 3.00. The van der Waals surface area contributed by atoms with Gasteiger partial charge in [0.1, 0.15) is 6.04 Å². The summed E-state index contributed by atoms with van der Waals surface area (Å²) < 4.78 is 5.43. The number of hydrogen-bond donors (Lipinski definition) is 3. The zero-order chi connectivity index (χ0) is 16.0. The molecular weight excluding hydrogens is 344 g/mol. The van der Waals surface area contributed by atoms with Crippen LogP contribution in [-0.4, -0.2) is 35.5 Å². The fourth-order valence-corrected chi connectivity index (χ4v) is 1.90. The lowest BCUT2D eigenvalue weighted by molar-refractivity contribution is -0.143. The molecule has 0 spiro atoms. The maximum atomic E-state index is 11.7. The lowest BCUT2D eigenvalue weighted by atomic mass is 9.99. The number of nitrogens with one attached hydrogen (secondary N) is 2. The Labute approximate surface area is 130 Å². The molecule has 1 heterocycles. The molecule has 0 radical (unpaired) electrons. The van der Waals surface area contributed by atoms with Gasteiger partial charge in [0.2, 0.25) is 5.91 Å². The van der Waals surface area contributed by atoms with Gasteiger partial charge in [0.25, 0.3) is 5.91 Å². The number of carbonyl (C=O) groups excluding carboxylic acids is 2. The van der Waals surface area contributed by atoms with E-state index in [4.69, 9.17) is 9.52 Å². The van der Waals surface area contributed by atoms with Gasteiger partial charge < -0.3 is 20.2 Å².